The Labute approximate surface area is 138 Å². The normalized spacial score (nSPS) is 41.7. The topological polar surface area (TPSA) is 52.6 Å². The van der Waals surface area contributed by atoms with Crippen molar-refractivity contribution in [2.24, 2.45) is 23.2 Å². The molecule has 0 radical (unpaired) electrons. The van der Waals surface area contributed by atoms with E-state index in [0.29, 0.717) is 18.3 Å². The van der Waals surface area contributed by atoms with Gasteiger partial charge in [-0.05, 0) is 61.7 Å². The zero-order chi connectivity index (χ0) is 16.4. The third-order valence-electron chi connectivity index (χ3n) is 5.88. The van der Waals surface area contributed by atoms with Crippen molar-refractivity contribution in [2.75, 3.05) is 6.61 Å². The van der Waals surface area contributed by atoms with Crippen LogP contribution in [0.2, 0.25) is 0 Å². The maximum atomic E-state index is 11.9. The van der Waals surface area contributed by atoms with Crippen LogP contribution in [0.15, 0.2) is 11.6 Å². The van der Waals surface area contributed by atoms with E-state index in [1.165, 1.54) is 32.1 Å². The van der Waals surface area contributed by atoms with Crippen LogP contribution in [-0.2, 0) is 19.1 Å². The third kappa shape index (κ3) is 3.96. The molecule has 3 fully saturated rings. The molecule has 2 aliphatic carbocycles. The van der Waals surface area contributed by atoms with Crippen LogP contribution in [-0.4, -0.2) is 25.2 Å². The maximum absolute atomic E-state index is 11.9. The first-order valence-corrected chi connectivity index (χ1v) is 8.93. The van der Waals surface area contributed by atoms with Gasteiger partial charge in [-0.15, -0.1) is 0 Å². The van der Waals surface area contributed by atoms with Gasteiger partial charge in [0.2, 0.25) is 0 Å². The summed E-state index contributed by atoms with van der Waals surface area (Å²) in [5, 5.41) is 0. The molecule has 0 aromatic heterocycles. The fraction of sp³-hybridized carbons (Fsp3) is 0.789. The second-order valence-corrected chi connectivity index (χ2v) is 8.36. The molecule has 1 aliphatic heterocycles. The number of hydrogen-bond donors (Lipinski definition) is 0. The second-order valence-electron chi connectivity index (χ2n) is 8.36. The molecule has 23 heavy (non-hydrogen) atoms. The Morgan fingerprint density at radius 1 is 1.26 bits per heavy atom. The highest BCUT2D eigenvalue weighted by Crippen LogP contribution is 2.51. The van der Waals surface area contributed by atoms with E-state index < -0.39 is 0 Å². The van der Waals surface area contributed by atoms with Gasteiger partial charge in [0.05, 0.1) is 0 Å². The summed E-state index contributed by atoms with van der Waals surface area (Å²) in [4.78, 5) is 22.2. The number of ether oxygens (including phenoxy) is 2. The fourth-order valence-corrected chi connectivity index (χ4v) is 5.25. The van der Waals surface area contributed by atoms with E-state index >= 15 is 0 Å². The molecular formula is C19H28O4. The van der Waals surface area contributed by atoms with Gasteiger partial charge in [0, 0.05) is 12.0 Å². The van der Waals surface area contributed by atoms with E-state index in [2.05, 4.69) is 19.9 Å². The van der Waals surface area contributed by atoms with Gasteiger partial charge < -0.3 is 9.47 Å². The van der Waals surface area contributed by atoms with E-state index in [9.17, 15) is 9.59 Å². The first-order chi connectivity index (χ1) is 11.0. The van der Waals surface area contributed by atoms with Gasteiger partial charge in [-0.3, -0.25) is 4.79 Å². The number of allylic oxidation sites excluding steroid dienone is 1. The Kier molecular flexibility index (Phi) is 4.79. The molecule has 2 bridgehead atoms. The van der Waals surface area contributed by atoms with E-state index in [1.807, 2.05) is 0 Å². The Morgan fingerprint density at radius 2 is 1.96 bits per heavy atom. The highest BCUT2D eigenvalue weighted by Gasteiger charge is 2.40. The highest BCUT2D eigenvalue weighted by molar-refractivity contribution is 5.90. The summed E-state index contributed by atoms with van der Waals surface area (Å²) in [6.07, 6.45) is 10.0. The Balaban J connectivity index is 1.59. The zero-order valence-electron chi connectivity index (χ0n) is 14.3. The summed E-state index contributed by atoms with van der Waals surface area (Å²) in [6.45, 7) is 5.33. The van der Waals surface area contributed by atoms with Crippen molar-refractivity contribution in [2.45, 2.75) is 64.9 Å². The van der Waals surface area contributed by atoms with E-state index in [-0.39, 0.29) is 18.7 Å². The molecule has 2 saturated carbocycles. The van der Waals surface area contributed by atoms with Gasteiger partial charge in [0.1, 0.15) is 12.7 Å². The molecule has 0 aromatic carbocycles. The molecule has 3 rings (SSSR count). The first-order valence-electron chi connectivity index (χ1n) is 8.93. The Bertz CT molecular complexity index is 478. The number of carbonyl (C=O) groups is 2. The summed E-state index contributed by atoms with van der Waals surface area (Å²) in [5.74, 6) is 2.37. The van der Waals surface area contributed by atoms with Gasteiger partial charge in [-0.1, -0.05) is 19.9 Å². The van der Waals surface area contributed by atoms with Crippen molar-refractivity contribution in [3.05, 3.63) is 11.6 Å². The van der Waals surface area contributed by atoms with E-state index in [1.54, 1.807) is 0 Å². The Morgan fingerprint density at radius 3 is 2.61 bits per heavy atom. The molecule has 3 unspecified atom stereocenters. The van der Waals surface area contributed by atoms with Crippen LogP contribution in [0.1, 0.15) is 58.8 Å². The summed E-state index contributed by atoms with van der Waals surface area (Å²) in [5.41, 5.74) is 1.08. The average Bonchev–Trinajstić information content (AvgIpc) is 2.82. The van der Waals surface area contributed by atoms with E-state index in [4.69, 9.17) is 9.47 Å². The van der Waals surface area contributed by atoms with Gasteiger partial charge >= 0.3 is 5.97 Å². The monoisotopic (exact) mass is 320 g/mol. The quantitative estimate of drug-likeness (QED) is 0.441. The number of carbonyl (C=O) groups excluding carboxylic acids is 2. The lowest BCUT2D eigenvalue weighted by Crippen LogP contribution is -2.35. The minimum atomic E-state index is -0.307. The van der Waals surface area contributed by atoms with Crippen LogP contribution < -0.4 is 0 Å². The molecule has 4 heteroatoms. The molecule has 1 saturated heterocycles. The Hall–Kier alpha value is -1.32. The number of hydrogen-bond acceptors (Lipinski definition) is 4. The van der Waals surface area contributed by atoms with Gasteiger partial charge in [0.15, 0.2) is 0 Å². The summed E-state index contributed by atoms with van der Waals surface area (Å²) in [7, 11) is 0. The molecular weight excluding hydrogens is 292 g/mol. The van der Waals surface area contributed by atoms with Crippen molar-refractivity contribution in [3.63, 3.8) is 0 Å². The maximum Gasteiger partial charge on any atom is 0.334 e. The largest absolute Gasteiger partial charge is 0.464 e. The number of cyclic esters (lactones) is 1. The van der Waals surface area contributed by atoms with Crippen molar-refractivity contribution in [1.82, 2.24) is 0 Å². The molecule has 1 heterocycles. The molecule has 0 amide bonds. The van der Waals surface area contributed by atoms with Crippen molar-refractivity contribution in [3.8, 4) is 0 Å². The van der Waals surface area contributed by atoms with Crippen LogP contribution in [0.3, 0.4) is 0 Å². The van der Waals surface area contributed by atoms with Crippen molar-refractivity contribution < 1.29 is 19.1 Å². The molecule has 3 aliphatic rings. The highest BCUT2D eigenvalue weighted by atomic mass is 16.6. The SMILES string of the molecule is CC1CC2CC(C1)CC(C)(C/C=C1\CC(COC=O)OC1=O)C2. The summed E-state index contributed by atoms with van der Waals surface area (Å²) < 4.78 is 9.95. The van der Waals surface area contributed by atoms with Gasteiger partial charge in [-0.2, -0.15) is 0 Å². The molecule has 3 atom stereocenters. The minimum Gasteiger partial charge on any atom is -0.464 e. The molecule has 0 aromatic rings. The summed E-state index contributed by atoms with van der Waals surface area (Å²) >= 11 is 0. The van der Waals surface area contributed by atoms with Gasteiger partial charge in [-0.25, -0.2) is 4.79 Å². The van der Waals surface area contributed by atoms with Crippen LogP contribution in [0.5, 0.6) is 0 Å². The smallest absolute Gasteiger partial charge is 0.334 e. The lowest BCUT2D eigenvalue weighted by Gasteiger charge is -2.47. The zero-order valence-corrected chi connectivity index (χ0v) is 14.3. The molecule has 0 spiro atoms. The predicted molar refractivity (Wildman–Crippen MR) is 86.5 cm³/mol. The number of esters is 1. The fourth-order valence-electron chi connectivity index (χ4n) is 5.25. The second kappa shape index (κ2) is 6.66. The van der Waals surface area contributed by atoms with E-state index in [0.717, 1.165) is 29.7 Å². The number of fused-ring (bicyclic) bond motifs is 2. The van der Waals surface area contributed by atoms with Crippen LogP contribution in [0.25, 0.3) is 0 Å². The first kappa shape index (κ1) is 16.5. The lowest BCUT2D eigenvalue weighted by molar-refractivity contribution is -0.144. The lowest BCUT2D eigenvalue weighted by atomic mass is 9.58. The number of rotatable bonds is 5. The van der Waals surface area contributed by atoms with Crippen molar-refractivity contribution in [1.29, 1.82) is 0 Å². The third-order valence-corrected chi connectivity index (χ3v) is 5.88. The van der Waals surface area contributed by atoms with Crippen LogP contribution >= 0.6 is 0 Å². The van der Waals surface area contributed by atoms with Crippen LogP contribution in [0.4, 0.5) is 0 Å². The molecule has 0 N–H and O–H groups in total. The van der Waals surface area contributed by atoms with Crippen LogP contribution in [0, 0.1) is 23.2 Å². The average molecular weight is 320 g/mol. The standard InChI is InChI=1S/C19H28O4/c1-13-5-14-7-15(6-13)10-19(2,9-14)4-3-16-8-17(11-22-12-20)23-18(16)21/h3,12-15,17H,4-11H2,1-2H3/b16-3+. The predicted octanol–water partition coefficient (Wildman–Crippen LogP) is 3.64. The van der Waals surface area contributed by atoms with Gasteiger partial charge in [0.25, 0.3) is 6.47 Å². The summed E-state index contributed by atoms with van der Waals surface area (Å²) in [6, 6.07) is 0. The minimum absolute atomic E-state index is 0.159. The molecule has 128 valence electrons. The van der Waals surface area contributed by atoms with Crippen molar-refractivity contribution >= 4 is 12.4 Å². The molecule has 4 nitrogen and oxygen atoms in total.